The van der Waals surface area contributed by atoms with E-state index in [1.807, 2.05) is 0 Å². The van der Waals surface area contributed by atoms with Gasteiger partial charge < -0.3 is 4.74 Å². The normalized spacial score (nSPS) is 27.6. The van der Waals surface area contributed by atoms with Crippen LogP contribution >= 0.6 is 11.6 Å². The zero-order valence-corrected chi connectivity index (χ0v) is 10.6. The average Bonchev–Trinajstić information content (AvgIpc) is 2.72. The van der Waals surface area contributed by atoms with Crippen LogP contribution < -0.4 is 0 Å². The molecule has 0 spiro atoms. The first-order chi connectivity index (χ1) is 7.58. The summed E-state index contributed by atoms with van der Waals surface area (Å²) in [4.78, 5) is 0. The van der Waals surface area contributed by atoms with Crippen LogP contribution in [-0.2, 0) is 18.0 Å². The van der Waals surface area contributed by atoms with Crippen molar-refractivity contribution in [2.75, 3.05) is 0 Å². The van der Waals surface area contributed by atoms with E-state index in [0.717, 1.165) is 13.2 Å². The third-order valence-electron chi connectivity index (χ3n) is 4.01. The number of rotatable bonds is 2. The first-order valence-electron chi connectivity index (χ1n) is 5.91. The summed E-state index contributed by atoms with van der Waals surface area (Å²) in [5.74, 6) is 0.634. The van der Waals surface area contributed by atoms with Gasteiger partial charge in [-0.3, -0.25) is 0 Å². The molecule has 2 atom stereocenters. The Labute approximate surface area is 102 Å². The van der Waals surface area contributed by atoms with E-state index in [9.17, 15) is 0 Å². The van der Waals surface area contributed by atoms with Crippen molar-refractivity contribution in [2.45, 2.75) is 38.9 Å². The van der Waals surface area contributed by atoms with E-state index in [4.69, 9.17) is 16.3 Å². The molecule has 1 aliphatic carbocycles. The van der Waals surface area contributed by atoms with Crippen molar-refractivity contribution in [3.63, 3.8) is 0 Å². The van der Waals surface area contributed by atoms with Crippen LogP contribution in [0.5, 0.6) is 0 Å². The highest BCUT2D eigenvalue weighted by molar-refractivity contribution is 6.21. The van der Waals surface area contributed by atoms with Gasteiger partial charge in [-0.1, -0.05) is 32.0 Å². The molecule has 16 heavy (non-hydrogen) atoms. The summed E-state index contributed by atoms with van der Waals surface area (Å²) in [6.45, 7) is 6.10. The lowest BCUT2D eigenvalue weighted by atomic mass is 9.99. The number of halogens is 1. The second kappa shape index (κ2) is 3.48. The van der Waals surface area contributed by atoms with Crippen LogP contribution in [0.25, 0.3) is 0 Å². The molecule has 1 aromatic carbocycles. The van der Waals surface area contributed by atoms with Crippen molar-refractivity contribution < 1.29 is 4.74 Å². The summed E-state index contributed by atoms with van der Waals surface area (Å²) < 4.78 is 5.42. The molecule has 2 aliphatic rings. The van der Waals surface area contributed by atoms with Crippen LogP contribution in [0.1, 0.15) is 42.3 Å². The van der Waals surface area contributed by atoms with Crippen molar-refractivity contribution in [1.29, 1.82) is 0 Å². The van der Waals surface area contributed by atoms with Crippen LogP contribution in [0, 0.1) is 11.3 Å². The molecular weight excluding hydrogens is 220 g/mol. The number of hydrogen-bond acceptors (Lipinski definition) is 1. The molecular formula is C14H17ClO. The number of hydrogen-bond donors (Lipinski definition) is 0. The van der Waals surface area contributed by atoms with Crippen molar-refractivity contribution in [3.8, 4) is 0 Å². The van der Waals surface area contributed by atoms with Crippen LogP contribution in [0.4, 0.5) is 0 Å². The Hall–Kier alpha value is -0.530. The standard InChI is InChI=1S/C14H17ClO/c1-14(2)6-12(14)13(15)9-3-4-10-7-16-8-11(10)5-9/h3-5,12-13H,6-8H2,1-2H3. The van der Waals surface area contributed by atoms with Crippen LogP contribution in [0.2, 0.25) is 0 Å². The average molecular weight is 237 g/mol. The summed E-state index contributed by atoms with van der Waals surface area (Å²) in [7, 11) is 0. The minimum absolute atomic E-state index is 0.167. The maximum absolute atomic E-state index is 6.55. The molecule has 0 bridgehead atoms. The monoisotopic (exact) mass is 236 g/mol. The largest absolute Gasteiger partial charge is 0.372 e. The Balaban J connectivity index is 1.85. The molecule has 0 aromatic heterocycles. The Bertz CT molecular complexity index is 425. The quantitative estimate of drug-likeness (QED) is 0.705. The van der Waals surface area contributed by atoms with Gasteiger partial charge in [0.25, 0.3) is 0 Å². The van der Waals surface area contributed by atoms with Gasteiger partial charge in [-0.15, -0.1) is 11.6 Å². The maximum atomic E-state index is 6.55. The van der Waals surface area contributed by atoms with Gasteiger partial charge in [-0.25, -0.2) is 0 Å². The van der Waals surface area contributed by atoms with Crippen LogP contribution in [0.15, 0.2) is 18.2 Å². The zero-order valence-electron chi connectivity index (χ0n) is 9.79. The Morgan fingerprint density at radius 1 is 1.31 bits per heavy atom. The second-order valence-corrected chi connectivity index (χ2v) is 6.19. The van der Waals surface area contributed by atoms with Crippen LogP contribution in [0.3, 0.4) is 0 Å². The number of ether oxygens (including phenoxy) is 1. The second-order valence-electron chi connectivity index (χ2n) is 5.72. The minimum atomic E-state index is 0.167. The molecule has 1 saturated carbocycles. The van der Waals surface area contributed by atoms with E-state index in [0.29, 0.717) is 11.3 Å². The molecule has 0 amide bonds. The van der Waals surface area contributed by atoms with E-state index >= 15 is 0 Å². The first-order valence-corrected chi connectivity index (χ1v) is 6.35. The molecule has 1 heterocycles. The molecule has 2 unspecified atom stereocenters. The topological polar surface area (TPSA) is 9.23 Å². The third kappa shape index (κ3) is 1.66. The Kier molecular flexibility index (Phi) is 2.31. The van der Waals surface area contributed by atoms with Gasteiger partial charge in [0.1, 0.15) is 0 Å². The van der Waals surface area contributed by atoms with E-state index in [-0.39, 0.29) is 5.38 Å². The molecule has 0 radical (unpaired) electrons. The van der Waals surface area contributed by atoms with E-state index < -0.39 is 0 Å². The lowest BCUT2D eigenvalue weighted by molar-refractivity contribution is 0.134. The van der Waals surface area contributed by atoms with E-state index in [2.05, 4.69) is 32.0 Å². The Morgan fingerprint density at radius 2 is 2.00 bits per heavy atom. The van der Waals surface area contributed by atoms with Gasteiger partial charge in [0.05, 0.1) is 18.6 Å². The zero-order chi connectivity index (χ0) is 11.3. The fourth-order valence-corrected chi connectivity index (χ4v) is 3.17. The number of alkyl halides is 1. The van der Waals surface area contributed by atoms with Gasteiger partial charge in [-0.05, 0) is 34.4 Å². The molecule has 1 aliphatic heterocycles. The summed E-state index contributed by atoms with van der Waals surface area (Å²) in [5, 5.41) is 0.167. The minimum Gasteiger partial charge on any atom is -0.372 e. The van der Waals surface area contributed by atoms with E-state index in [1.165, 1.54) is 23.1 Å². The van der Waals surface area contributed by atoms with Gasteiger partial charge in [-0.2, -0.15) is 0 Å². The molecule has 0 N–H and O–H groups in total. The lowest BCUT2D eigenvalue weighted by Crippen LogP contribution is -2.00. The van der Waals surface area contributed by atoms with Crippen molar-refractivity contribution >= 4 is 11.6 Å². The smallest absolute Gasteiger partial charge is 0.0725 e. The number of benzene rings is 1. The fraction of sp³-hybridized carbons (Fsp3) is 0.571. The summed E-state index contributed by atoms with van der Waals surface area (Å²) in [5.41, 5.74) is 4.34. The van der Waals surface area contributed by atoms with Crippen molar-refractivity contribution in [2.24, 2.45) is 11.3 Å². The number of fused-ring (bicyclic) bond motifs is 1. The summed E-state index contributed by atoms with van der Waals surface area (Å²) in [6.07, 6.45) is 1.24. The fourth-order valence-electron chi connectivity index (χ4n) is 2.60. The van der Waals surface area contributed by atoms with Gasteiger partial charge in [0.2, 0.25) is 0 Å². The highest BCUT2D eigenvalue weighted by Gasteiger charge is 2.50. The van der Waals surface area contributed by atoms with Crippen LogP contribution in [-0.4, -0.2) is 0 Å². The van der Waals surface area contributed by atoms with Crippen molar-refractivity contribution in [1.82, 2.24) is 0 Å². The van der Waals surface area contributed by atoms with E-state index in [1.54, 1.807) is 0 Å². The first kappa shape index (κ1) is 10.6. The maximum Gasteiger partial charge on any atom is 0.0725 e. The predicted molar refractivity (Wildman–Crippen MR) is 65.4 cm³/mol. The highest BCUT2D eigenvalue weighted by Crippen LogP contribution is 2.59. The Morgan fingerprint density at radius 3 is 2.69 bits per heavy atom. The highest BCUT2D eigenvalue weighted by atomic mass is 35.5. The van der Waals surface area contributed by atoms with Gasteiger partial charge >= 0.3 is 0 Å². The summed E-state index contributed by atoms with van der Waals surface area (Å²) >= 11 is 6.55. The van der Waals surface area contributed by atoms with Gasteiger partial charge in [0, 0.05) is 0 Å². The third-order valence-corrected chi connectivity index (χ3v) is 4.56. The molecule has 3 rings (SSSR count). The molecule has 0 saturated heterocycles. The molecule has 2 heteroatoms. The molecule has 1 aromatic rings. The predicted octanol–water partition coefficient (Wildman–Crippen LogP) is 4.04. The lowest BCUT2D eigenvalue weighted by Gasteiger charge is -2.12. The van der Waals surface area contributed by atoms with Gasteiger partial charge in [0.15, 0.2) is 0 Å². The molecule has 1 nitrogen and oxygen atoms in total. The summed E-state index contributed by atoms with van der Waals surface area (Å²) in [6, 6.07) is 6.57. The SMILES string of the molecule is CC1(C)CC1C(Cl)c1ccc2c(c1)COC2. The molecule has 1 fully saturated rings. The molecule has 86 valence electrons. The van der Waals surface area contributed by atoms with Crippen molar-refractivity contribution in [3.05, 3.63) is 34.9 Å².